The van der Waals surface area contributed by atoms with Gasteiger partial charge in [0.15, 0.2) is 0 Å². The number of carbonyl (C=O) groups excluding carboxylic acids is 1. The summed E-state index contributed by atoms with van der Waals surface area (Å²) in [5.74, 6) is -3.52. The summed E-state index contributed by atoms with van der Waals surface area (Å²) < 4.78 is 17.8. The fourth-order valence-electron chi connectivity index (χ4n) is 1.13. The van der Waals surface area contributed by atoms with Gasteiger partial charge in [-0.05, 0) is 13.0 Å². The highest BCUT2D eigenvalue weighted by Gasteiger charge is 2.29. The van der Waals surface area contributed by atoms with Crippen LogP contribution < -0.4 is 0 Å². The van der Waals surface area contributed by atoms with E-state index >= 15 is 0 Å². The van der Waals surface area contributed by atoms with Crippen molar-refractivity contribution in [3.05, 3.63) is 32.6 Å². The molecule has 0 unspecified atom stereocenters. The van der Waals surface area contributed by atoms with E-state index in [4.69, 9.17) is 11.6 Å². The fraction of sp³-hybridized carbons (Fsp3) is 0.222. The Bertz CT molecular complexity index is 491. The van der Waals surface area contributed by atoms with Crippen LogP contribution in [0.1, 0.15) is 17.3 Å². The number of rotatable bonds is 3. The number of nitro benzene ring substituents is 1. The van der Waals surface area contributed by atoms with E-state index in [-0.39, 0.29) is 6.61 Å². The molecular formula is C9H7ClFNO5. The predicted octanol–water partition coefficient (Wildman–Crippen LogP) is 2.27. The Balaban J connectivity index is 3.44. The Morgan fingerprint density at radius 1 is 1.71 bits per heavy atom. The van der Waals surface area contributed by atoms with E-state index < -0.39 is 38.7 Å². The third-order valence-electron chi connectivity index (χ3n) is 1.85. The molecule has 0 atom stereocenters. The normalized spacial score (nSPS) is 10.1. The molecule has 0 heterocycles. The number of ether oxygens (including phenoxy) is 1. The van der Waals surface area contributed by atoms with Gasteiger partial charge in [-0.15, -0.1) is 0 Å². The molecular weight excluding hydrogens is 257 g/mol. The van der Waals surface area contributed by atoms with E-state index in [1.54, 1.807) is 0 Å². The minimum absolute atomic E-state index is 0.00106. The summed E-state index contributed by atoms with van der Waals surface area (Å²) in [6.07, 6.45) is 0. The van der Waals surface area contributed by atoms with Crippen LogP contribution in [0.2, 0.25) is 5.02 Å². The van der Waals surface area contributed by atoms with Crippen molar-refractivity contribution >= 4 is 23.3 Å². The zero-order valence-corrected chi connectivity index (χ0v) is 9.32. The molecule has 6 nitrogen and oxygen atoms in total. The first-order valence-electron chi connectivity index (χ1n) is 4.42. The first-order chi connectivity index (χ1) is 7.90. The van der Waals surface area contributed by atoms with Gasteiger partial charge in [-0.2, -0.15) is 4.39 Å². The summed E-state index contributed by atoms with van der Waals surface area (Å²) in [6, 6.07) is 0.775. The molecule has 0 bridgehead atoms. The molecule has 0 aromatic heterocycles. The lowest BCUT2D eigenvalue weighted by Crippen LogP contribution is -2.07. The van der Waals surface area contributed by atoms with Gasteiger partial charge in [-0.3, -0.25) is 10.1 Å². The van der Waals surface area contributed by atoms with E-state index in [9.17, 15) is 24.4 Å². The second-order valence-corrected chi connectivity index (χ2v) is 3.30. The topological polar surface area (TPSA) is 89.7 Å². The molecule has 1 aromatic rings. The number of hydrogen-bond acceptors (Lipinski definition) is 5. The fourth-order valence-corrected chi connectivity index (χ4v) is 1.33. The molecule has 0 radical (unpaired) electrons. The summed E-state index contributed by atoms with van der Waals surface area (Å²) in [4.78, 5) is 20.7. The smallest absolute Gasteiger partial charge is 0.348 e. The molecule has 1 rings (SSSR count). The molecule has 0 spiro atoms. The highest BCUT2D eigenvalue weighted by Crippen LogP contribution is 2.37. The van der Waals surface area contributed by atoms with Gasteiger partial charge in [0.05, 0.1) is 16.6 Å². The Hall–Kier alpha value is -1.89. The van der Waals surface area contributed by atoms with Gasteiger partial charge in [-0.1, -0.05) is 11.6 Å². The molecule has 1 aromatic carbocycles. The molecule has 1 N–H and O–H groups in total. The molecule has 0 aliphatic rings. The van der Waals surface area contributed by atoms with Crippen LogP contribution in [0.3, 0.4) is 0 Å². The number of halogens is 2. The van der Waals surface area contributed by atoms with Crippen molar-refractivity contribution in [3.8, 4) is 5.75 Å². The van der Waals surface area contributed by atoms with Crippen molar-refractivity contribution in [2.45, 2.75) is 6.92 Å². The Kier molecular flexibility index (Phi) is 3.84. The summed E-state index contributed by atoms with van der Waals surface area (Å²) in [5.41, 5.74) is -1.80. The van der Waals surface area contributed by atoms with E-state index in [1.807, 2.05) is 0 Å². The van der Waals surface area contributed by atoms with E-state index in [0.717, 1.165) is 6.07 Å². The van der Waals surface area contributed by atoms with Crippen molar-refractivity contribution < 1.29 is 24.0 Å². The van der Waals surface area contributed by atoms with E-state index in [0.29, 0.717) is 0 Å². The Labute approximate surface area is 99.7 Å². The largest absolute Gasteiger partial charge is 0.501 e. The number of aromatic hydroxyl groups is 1. The van der Waals surface area contributed by atoms with Crippen LogP contribution in [-0.2, 0) is 4.74 Å². The quantitative estimate of drug-likeness (QED) is 0.513. The maximum atomic E-state index is 13.3. The lowest BCUT2D eigenvalue weighted by atomic mass is 10.1. The standard InChI is InChI=1S/C9H7ClFNO5/c1-2-17-9(14)4-3-5(10)6(11)7(8(4)13)12(15)16/h3,13H,2H2,1H3. The van der Waals surface area contributed by atoms with Gasteiger partial charge in [0, 0.05) is 0 Å². The van der Waals surface area contributed by atoms with E-state index in [2.05, 4.69) is 4.74 Å². The van der Waals surface area contributed by atoms with Crippen molar-refractivity contribution in [2.75, 3.05) is 6.61 Å². The average molecular weight is 264 g/mol. The summed E-state index contributed by atoms with van der Waals surface area (Å²) in [6.45, 7) is 1.51. The predicted molar refractivity (Wildman–Crippen MR) is 55.7 cm³/mol. The van der Waals surface area contributed by atoms with Gasteiger partial charge in [-0.25, -0.2) is 4.79 Å². The molecule has 0 fully saturated rings. The summed E-state index contributed by atoms with van der Waals surface area (Å²) >= 11 is 5.38. The monoisotopic (exact) mass is 263 g/mol. The second kappa shape index (κ2) is 4.96. The lowest BCUT2D eigenvalue weighted by molar-refractivity contribution is -0.388. The van der Waals surface area contributed by atoms with Crippen LogP contribution in [0.25, 0.3) is 0 Å². The third-order valence-corrected chi connectivity index (χ3v) is 2.12. The van der Waals surface area contributed by atoms with Crippen LogP contribution in [0.4, 0.5) is 10.1 Å². The minimum Gasteiger partial charge on any atom is -0.501 e. The summed E-state index contributed by atoms with van der Waals surface area (Å²) in [5, 5.41) is 19.3. The lowest BCUT2D eigenvalue weighted by Gasteiger charge is -2.06. The maximum Gasteiger partial charge on any atom is 0.348 e. The zero-order valence-electron chi connectivity index (χ0n) is 8.57. The Morgan fingerprint density at radius 3 is 2.76 bits per heavy atom. The molecule has 0 aliphatic heterocycles. The van der Waals surface area contributed by atoms with Crippen LogP contribution in [0, 0.1) is 15.9 Å². The molecule has 17 heavy (non-hydrogen) atoms. The van der Waals surface area contributed by atoms with Crippen molar-refractivity contribution in [3.63, 3.8) is 0 Å². The highest BCUT2D eigenvalue weighted by molar-refractivity contribution is 6.31. The number of hydrogen-bond donors (Lipinski definition) is 1. The highest BCUT2D eigenvalue weighted by atomic mass is 35.5. The molecule has 0 aliphatic carbocycles. The molecule has 0 saturated heterocycles. The van der Waals surface area contributed by atoms with Gasteiger partial charge >= 0.3 is 11.7 Å². The molecule has 0 saturated carbocycles. The SMILES string of the molecule is CCOC(=O)c1cc(Cl)c(F)c([N+](=O)[O-])c1O. The number of nitrogens with zero attached hydrogens (tertiary/aromatic N) is 1. The number of esters is 1. The summed E-state index contributed by atoms with van der Waals surface area (Å²) in [7, 11) is 0. The van der Waals surface area contributed by atoms with E-state index in [1.165, 1.54) is 6.92 Å². The Morgan fingerprint density at radius 2 is 2.29 bits per heavy atom. The minimum atomic E-state index is -1.40. The van der Waals surface area contributed by atoms with Crippen molar-refractivity contribution in [1.82, 2.24) is 0 Å². The number of phenols is 1. The molecule has 0 amide bonds. The van der Waals surface area contributed by atoms with Crippen molar-refractivity contribution in [2.24, 2.45) is 0 Å². The number of benzene rings is 1. The van der Waals surface area contributed by atoms with Crippen LogP contribution in [0.15, 0.2) is 6.07 Å². The van der Waals surface area contributed by atoms with Crippen molar-refractivity contribution in [1.29, 1.82) is 0 Å². The third kappa shape index (κ3) is 2.44. The maximum absolute atomic E-state index is 13.3. The molecule has 8 heteroatoms. The first kappa shape index (κ1) is 13.2. The van der Waals surface area contributed by atoms with Gasteiger partial charge in [0.2, 0.25) is 11.6 Å². The first-order valence-corrected chi connectivity index (χ1v) is 4.80. The number of carbonyl (C=O) groups is 1. The van der Waals surface area contributed by atoms with Gasteiger partial charge < -0.3 is 9.84 Å². The van der Waals surface area contributed by atoms with Crippen LogP contribution >= 0.6 is 11.6 Å². The number of phenolic OH excluding ortho intramolecular Hbond substituents is 1. The van der Waals surface area contributed by atoms with Gasteiger partial charge in [0.1, 0.15) is 5.56 Å². The number of nitro groups is 1. The van der Waals surface area contributed by atoms with Crippen LogP contribution in [-0.4, -0.2) is 22.6 Å². The van der Waals surface area contributed by atoms with Gasteiger partial charge in [0.25, 0.3) is 0 Å². The zero-order chi connectivity index (χ0) is 13.2. The molecule has 92 valence electrons. The van der Waals surface area contributed by atoms with Crippen LogP contribution in [0.5, 0.6) is 5.75 Å². The average Bonchev–Trinajstić information content (AvgIpc) is 2.23. The second-order valence-electron chi connectivity index (χ2n) is 2.89.